The third-order valence-electron chi connectivity index (χ3n) is 4.04. The summed E-state index contributed by atoms with van der Waals surface area (Å²) in [5.74, 6) is 0. The smallest absolute Gasteiger partial charge is 0.242 e. The van der Waals surface area contributed by atoms with E-state index in [1.807, 2.05) is 6.92 Å². The van der Waals surface area contributed by atoms with Crippen LogP contribution in [0.25, 0.3) is 0 Å². The van der Waals surface area contributed by atoms with Crippen molar-refractivity contribution >= 4 is 21.6 Å². The summed E-state index contributed by atoms with van der Waals surface area (Å²) in [6, 6.07) is 6.72. The van der Waals surface area contributed by atoms with Crippen LogP contribution in [0.4, 0.5) is 0 Å². The molecule has 0 unspecified atom stereocenters. The first-order chi connectivity index (χ1) is 9.95. The van der Waals surface area contributed by atoms with Gasteiger partial charge in [0.1, 0.15) is 4.90 Å². The van der Waals surface area contributed by atoms with Crippen LogP contribution < -0.4 is 4.72 Å². The van der Waals surface area contributed by atoms with E-state index in [1.54, 1.807) is 18.2 Å². The fraction of sp³-hybridized carbons (Fsp3) is 0.571. The lowest BCUT2D eigenvalue weighted by Crippen LogP contribution is -2.45. The van der Waals surface area contributed by atoms with E-state index in [9.17, 15) is 8.42 Å². The van der Waals surface area contributed by atoms with Crippen molar-refractivity contribution in [3.8, 4) is 0 Å². The predicted molar refractivity (Wildman–Crippen MR) is 81.0 cm³/mol. The second-order valence-electron chi connectivity index (χ2n) is 5.74. The molecule has 1 aromatic carbocycles. The van der Waals surface area contributed by atoms with Crippen molar-refractivity contribution in [3.05, 3.63) is 29.3 Å². The molecule has 2 saturated heterocycles. The van der Waals surface area contributed by atoms with E-state index in [-0.39, 0.29) is 22.1 Å². The molecule has 3 atom stereocenters. The van der Waals surface area contributed by atoms with E-state index >= 15 is 0 Å². The molecule has 7 heteroatoms. The molecule has 0 bridgehead atoms. The number of halogens is 1. The van der Waals surface area contributed by atoms with Gasteiger partial charge in [-0.15, -0.1) is 0 Å². The van der Waals surface area contributed by atoms with Crippen LogP contribution in [0.2, 0.25) is 5.02 Å². The zero-order valence-corrected chi connectivity index (χ0v) is 13.4. The molecule has 0 amide bonds. The van der Waals surface area contributed by atoms with Gasteiger partial charge >= 0.3 is 0 Å². The van der Waals surface area contributed by atoms with Crippen LogP contribution in [0.15, 0.2) is 29.2 Å². The summed E-state index contributed by atoms with van der Waals surface area (Å²) in [5, 5.41) is 0.248. The molecule has 0 aromatic heterocycles. The van der Waals surface area contributed by atoms with Gasteiger partial charge in [-0.1, -0.05) is 23.7 Å². The average Bonchev–Trinajstić information content (AvgIpc) is 2.79. The third kappa shape index (κ3) is 3.24. The molecule has 2 fully saturated rings. The lowest BCUT2D eigenvalue weighted by atomic mass is 10.2. The summed E-state index contributed by atoms with van der Waals surface area (Å²) in [6.07, 6.45) is 0.983. The summed E-state index contributed by atoms with van der Waals surface area (Å²) in [4.78, 5) is 2.44. The molecule has 1 N–H and O–H groups in total. The molecule has 21 heavy (non-hydrogen) atoms. The number of hydrogen-bond acceptors (Lipinski definition) is 4. The van der Waals surface area contributed by atoms with Crippen LogP contribution in [-0.2, 0) is 14.8 Å². The standard InChI is InChI=1S/C14H19ClN2O3S/c1-10-7-17-8-11(6-12(17)9-20-10)16-21(18,19)14-5-3-2-4-13(14)15/h2-5,10-12,16H,6-9H2,1H3/t10-,11-,12-/m0/s1. The van der Waals surface area contributed by atoms with Gasteiger partial charge in [0.25, 0.3) is 0 Å². The molecule has 3 rings (SSSR count). The molecule has 2 aliphatic heterocycles. The van der Waals surface area contributed by atoms with Crippen LogP contribution >= 0.6 is 11.6 Å². The number of morpholine rings is 1. The zero-order chi connectivity index (χ0) is 15.0. The minimum Gasteiger partial charge on any atom is -0.376 e. The Balaban J connectivity index is 1.71. The van der Waals surface area contributed by atoms with E-state index in [0.717, 1.165) is 19.5 Å². The number of rotatable bonds is 3. The Hall–Kier alpha value is -0.660. The molecule has 0 aliphatic carbocycles. The molecule has 0 saturated carbocycles. The van der Waals surface area contributed by atoms with Gasteiger partial charge in [-0.25, -0.2) is 13.1 Å². The molecule has 2 aliphatic rings. The molecular weight excluding hydrogens is 312 g/mol. The first-order valence-corrected chi connectivity index (χ1v) is 8.94. The minimum absolute atomic E-state index is 0.0924. The normalized spacial score (nSPS) is 30.3. The lowest BCUT2D eigenvalue weighted by Gasteiger charge is -2.33. The Kier molecular flexibility index (Phi) is 4.25. The topological polar surface area (TPSA) is 58.6 Å². The summed E-state index contributed by atoms with van der Waals surface area (Å²) < 4.78 is 33.3. The van der Waals surface area contributed by atoms with Crippen LogP contribution in [-0.4, -0.2) is 51.2 Å². The highest BCUT2D eigenvalue weighted by molar-refractivity contribution is 7.89. The largest absolute Gasteiger partial charge is 0.376 e. The molecule has 2 heterocycles. The average molecular weight is 331 g/mol. The van der Waals surface area contributed by atoms with E-state index in [2.05, 4.69) is 9.62 Å². The molecule has 1 aromatic rings. The second kappa shape index (κ2) is 5.85. The van der Waals surface area contributed by atoms with Crippen molar-refractivity contribution in [2.24, 2.45) is 0 Å². The molecule has 116 valence electrons. The second-order valence-corrected chi connectivity index (χ2v) is 7.83. The Bertz CT molecular complexity index is 622. The predicted octanol–water partition coefficient (Wildman–Crippen LogP) is 1.48. The molecule has 0 spiro atoms. The highest BCUT2D eigenvalue weighted by Gasteiger charge is 2.38. The van der Waals surface area contributed by atoms with Gasteiger partial charge in [0.2, 0.25) is 10.0 Å². The van der Waals surface area contributed by atoms with Crippen molar-refractivity contribution in [2.45, 2.75) is 36.4 Å². The quantitative estimate of drug-likeness (QED) is 0.912. The van der Waals surface area contributed by atoms with Gasteiger partial charge in [-0.2, -0.15) is 0 Å². The Morgan fingerprint density at radius 3 is 2.86 bits per heavy atom. The van der Waals surface area contributed by atoms with Crippen molar-refractivity contribution in [2.75, 3.05) is 19.7 Å². The SMILES string of the molecule is C[C@H]1CN2C[C@@H](NS(=O)(=O)c3ccccc3Cl)C[C@H]2CO1. The van der Waals surface area contributed by atoms with Crippen molar-refractivity contribution in [3.63, 3.8) is 0 Å². The number of fused-ring (bicyclic) bond motifs is 1. The Morgan fingerprint density at radius 2 is 2.10 bits per heavy atom. The van der Waals surface area contributed by atoms with E-state index < -0.39 is 10.0 Å². The van der Waals surface area contributed by atoms with Crippen LogP contribution in [0.1, 0.15) is 13.3 Å². The maximum atomic E-state index is 12.4. The summed E-state index contributed by atoms with van der Waals surface area (Å²) in [5.41, 5.74) is 0. The zero-order valence-electron chi connectivity index (χ0n) is 11.8. The number of benzene rings is 1. The van der Waals surface area contributed by atoms with Crippen molar-refractivity contribution in [1.82, 2.24) is 9.62 Å². The number of nitrogens with zero attached hydrogens (tertiary/aromatic N) is 1. The molecule has 5 nitrogen and oxygen atoms in total. The van der Waals surface area contributed by atoms with Crippen LogP contribution in [0.5, 0.6) is 0 Å². The summed E-state index contributed by atoms with van der Waals surface area (Å²) in [6.45, 7) is 4.29. The number of hydrogen-bond donors (Lipinski definition) is 1. The maximum Gasteiger partial charge on any atom is 0.242 e. The molecular formula is C14H19ClN2O3S. The van der Waals surface area contributed by atoms with Gasteiger partial charge in [-0.05, 0) is 25.5 Å². The summed E-state index contributed by atoms with van der Waals surface area (Å²) in [7, 11) is -3.58. The highest BCUT2D eigenvalue weighted by Crippen LogP contribution is 2.26. The monoisotopic (exact) mass is 330 g/mol. The fourth-order valence-electron chi connectivity index (χ4n) is 3.07. The number of nitrogens with one attached hydrogen (secondary N) is 1. The number of ether oxygens (including phenoxy) is 1. The Morgan fingerprint density at radius 1 is 1.33 bits per heavy atom. The van der Waals surface area contributed by atoms with Crippen molar-refractivity contribution < 1.29 is 13.2 Å². The van der Waals surface area contributed by atoms with E-state index in [0.29, 0.717) is 12.6 Å². The lowest BCUT2D eigenvalue weighted by molar-refractivity contribution is -0.0390. The first-order valence-electron chi connectivity index (χ1n) is 7.08. The maximum absolute atomic E-state index is 12.4. The van der Waals surface area contributed by atoms with Gasteiger partial charge in [0.05, 0.1) is 17.7 Å². The number of sulfonamides is 1. The first kappa shape index (κ1) is 15.2. The van der Waals surface area contributed by atoms with Gasteiger partial charge < -0.3 is 4.74 Å². The van der Waals surface area contributed by atoms with Gasteiger partial charge in [0.15, 0.2) is 0 Å². The Labute approximate surface area is 130 Å². The minimum atomic E-state index is -3.58. The molecule has 0 radical (unpaired) electrons. The van der Waals surface area contributed by atoms with Crippen LogP contribution in [0, 0.1) is 0 Å². The van der Waals surface area contributed by atoms with Crippen LogP contribution in [0.3, 0.4) is 0 Å². The van der Waals surface area contributed by atoms with Gasteiger partial charge in [0, 0.05) is 25.2 Å². The van der Waals surface area contributed by atoms with Crippen molar-refractivity contribution in [1.29, 1.82) is 0 Å². The third-order valence-corrected chi connectivity index (χ3v) is 6.06. The van der Waals surface area contributed by atoms with Gasteiger partial charge in [-0.3, -0.25) is 4.90 Å². The highest BCUT2D eigenvalue weighted by atomic mass is 35.5. The van der Waals surface area contributed by atoms with E-state index in [1.165, 1.54) is 6.07 Å². The summed E-state index contributed by atoms with van der Waals surface area (Å²) >= 11 is 5.99. The fourth-order valence-corrected chi connectivity index (χ4v) is 4.83. The van der Waals surface area contributed by atoms with E-state index in [4.69, 9.17) is 16.3 Å².